The molecule has 1 aromatic heterocycles. The molecule has 0 aromatic carbocycles. The largest absolute Gasteiger partial charge is 0.395 e. The van der Waals surface area contributed by atoms with Crippen LogP contribution in [0.1, 0.15) is 46.3 Å². The van der Waals surface area contributed by atoms with Gasteiger partial charge in [-0.2, -0.15) is 0 Å². The minimum absolute atomic E-state index is 0.00157. The van der Waals surface area contributed by atoms with Gasteiger partial charge in [-0.05, 0) is 38.3 Å². The molecule has 4 heteroatoms. The Hall–Kier alpha value is -1.31. The van der Waals surface area contributed by atoms with Gasteiger partial charge in [-0.25, -0.2) is 0 Å². The van der Waals surface area contributed by atoms with E-state index in [-0.39, 0.29) is 18.1 Å². The molecule has 1 heterocycles. The molecule has 0 radical (unpaired) electrons. The predicted octanol–water partition coefficient (Wildman–Crippen LogP) is 2.07. The fraction of sp³-hybridized carbons (Fsp3) is 0.500. The van der Waals surface area contributed by atoms with Crippen molar-refractivity contribution >= 4 is 17.2 Å². The van der Waals surface area contributed by atoms with Crippen molar-refractivity contribution in [1.82, 2.24) is 5.32 Å². The number of aliphatic hydroxyl groups excluding tert-OH is 1. The molecule has 0 bridgehead atoms. The number of aryl methyl sites for hydroxylation is 1. The second-order valence-corrected chi connectivity index (χ2v) is 5.97. The van der Waals surface area contributed by atoms with E-state index >= 15 is 0 Å². The highest BCUT2D eigenvalue weighted by atomic mass is 32.1. The number of thiophene rings is 1. The highest BCUT2D eigenvalue weighted by molar-refractivity contribution is 7.14. The smallest absolute Gasteiger partial charge is 0.261 e. The topological polar surface area (TPSA) is 49.3 Å². The first kappa shape index (κ1) is 13.1. The normalized spacial score (nSPS) is 15.7. The zero-order valence-electron chi connectivity index (χ0n) is 10.7. The molecule has 18 heavy (non-hydrogen) atoms. The Bertz CT molecular complexity index is 518. The molecule has 0 aliphatic heterocycles. The average molecular weight is 263 g/mol. The lowest BCUT2D eigenvalue weighted by Crippen LogP contribution is -2.33. The third-order valence-electron chi connectivity index (χ3n) is 3.00. The van der Waals surface area contributed by atoms with Crippen molar-refractivity contribution in [2.75, 3.05) is 6.61 Å². The number of hydrogen-bond donors (Lipinski definition) is 2. The first-order valence-corrected chi connectivity index (χ1v) is 6.88. The summed E-state index contributed by atoms with van der Waals surface area (Å²) in [7, 11) is 0. The van der Waals surface area contributed by atoms with Crippen LogP contribution in [0.5, 0.6) is 0 Å². The summed E-state index contributed by atoms with van der Waals surface area (Å²) in [5, 5.41) is 11.7. The zero-order valence-corrected chi connectivity index (χ0v) is 11.5. The van der Waals surface area contributed by atoms with Crippen LogP contribution in [0.2, 0.25) is 0 Å². The van der Waals surface area contributed by atoms with E-state index in [1.807, 2.05) is 13.0 Å². The van der Waals surface area contributed by atoms with E-state index in [1.54, 1.807) is 0 Å². The van der Waals surface area contributed by atoms with Crippen molar-refractivity contribution in [3.8, 4) is 11.8 Å². The average Bonchev–Trinajstić information content (AvgIpc) is 2.91. The van der Waals surface area contributed by atoms with Crippen LogP contribution in [0, 0.1) is 18.8 Å². The third kappa shape index (κ3) is 3.12. The highest BCUT2D eigenvalue weighted by Gasteiger charge is 2.39. The van der Waals surface area contributed by atoms with E-state index in [1.165, 1.54) is 11.3 Å². The standard InChI is InChI=1S/C14H17NO2S/c1-10-9-12(13(17)15-14(2)6-7-14)18-11(10)5-3-4-8-16/h9,16H,4,6-8H2,1-2H3,(H,15,17). The SMILES string of the molecule is Cc1cc(C(=O)NC2(C)CC2)sc1C#CCCO. The van der Waals surface area contributed by atoms with Gasteiger partial charge in [0, 0.05) is 12.0 Å². The van der Waals surface area contributed by atoms with Crippen LogP contribution in [0.25, 0.3) is 0 Å². The summed E-state index contributed by atoms with van der Waals surface area (Å²) < 4.78 is 0. The van der Waals surface area contributed by atoms with Crippen LogP contribution in [-0.4, -0.2) is 23.2 Å². The number of carbonyl (C=O) groups excluding carboxylic acids is 1. The molecule has 2 N–H and O–H groups in total. The summed E-state index contributed by atoms with van der Waals surface area (Å²) in [6.07, 6.45) is 2.59. The van der Waals surface area contributed by atoms with Gasteiger partial charge in [0.1, 0.15) is 0 Å². The van der Waals surface area contributed by atoms with Gasteiger partial charge in [0.2, 0.25) is 0 Å². The molecule has 1 amide bonds. The Morgan fingerprint density at radius 1 is 1.61 bits per heavy atom. The van der Waals surface area contributed by atoms with Crippen molar-refractivity contribution in [2.45, 2.75) is 38.6 Å². The van der Waals surface area contributed by atoms with Crippen molar-refractivity contribution in [3.05, 3.63) is 21.4 Å². The number of hydrogen-bond acceptors (Lipinski definition) is 3. The van der Waals surface area contributed by atoms with E-state index in [2.05, 4.69) is 24.1 Å². The lowest BCUT2D eigenvalue weighted by molar-refractivity contribution is 0.0939. The molecule has 96 valence electrons. The zero-order chi connectivity index (χ0) is 13.2. The molecule has 0 atom stereocenters. The van der Waals surface area contributed by atoms with E-state index in [0.29, 0.717) is 11.3 Å². The summed E-state index contributed by atoms with van der Waals surface area (Å²) >= 11 is 1.42. The van der Waals surface area contributed by atoms with E-state index in [0.717, 1.165) is 23.3 Å². The Labute approximate surface area is 111 Å². The van der Waals surface area contributed by atoms with Gasteiger partial charge in [0.05, 0.1) is 16.4 Å². The second-order valence-electron chi connectivity index (χ2n) is 4.91. The van der Waals surface area contributed by atoms with Gasteiger partial charge in [0.25, 0.3) is 5.91 Å². The van der Waals surface area contributed by atoms with Crippen LogP contribution < -0.4 is 5.32 Å². The van der Waals surface area contributed by atoms with Crippen LogP contribution in [-0.2, 0) is 0 Å². The molecule has 0 unspecified atom stereocenters. The summed E-state index contributed by atoms with van der Waals surface area (Å²) in [5.41, 5.74) is 1.04. The minimum atomic E-state index is -0.00157. The molecular formula is C14H17NO2S. The van der Waals surface area contributed by atoms with Crippen molar-refractivity contribution in [3.63, 3.8) is 0 Å². The number of aliphatic hydroxyl groups is 1. The van der Waals surface area contributed by atoms with Crippen LogP contribution in [0.3, 0.4) is 0 Å². The van der Waals surface area contributed by atoms with Crippen molar-refractivity contribution in [1.29, 1.82) is 0 Å². The quantitative estimate of drug-likeness (QED) is 0.820. The molecule has 1 fully saturated rings. The number of rotatable bonds is 3. The summed E-state index contributed by atoms with van der Waals surface area (Å²) in [6, 6.07) is 1.88. The maximum Gasteiger partial charge on any atom is 0.261 e. The van der Waals surface area contributed by atoms with Crippen LogP contribution in [0.15, 0.2) is 6.07 Å². The molecule has 2 rings (SSSR count). The summed E-state index contributed by atoms with van der Waals surface area (Å²) in [5.74, 6) is 5.88. The predicted molar refractivity (Wildman–Crippen MR) is 72.7 cm³/mol. The second kappa shape index (κ2) is 5.13. The van der Waals surface area contributed by atoms with Gasteiger partial charge >= 0.3 is 0 Å². The third-order valence-corrected chi connectivity index (χ3v) is 4.15. The van der Waals surface area contributed by atoms with Crippen LogP contribution >= 0.6 is 11.3 Å². The maximum atomic E-state index is 12.0. The lowest BCUT2D eigenvalue weighted by atomic mass is 10.2. The molecule has 0 spiro atoms. The first-order valence-electron chi connectivity index (χ1n) is 6.07. The molecule has 1 aromatic rings. The van der Waals surface area contributed by atoms with E-state index < -0.39 is 0 Å². The monoisotopic (exact) mass is 263 g/mol. The number of amides is 1. The molecule has 1 saturated carbocycles. The maximum absolute atomic E-state index is 12.0. The van der Waals surface area contributed by atoms with Crippen molar-refractivity contribution < 1.29 is 9.90 Å². The number of carbonyl (C=O) groups is 1. The Morgan fingerprint density at radius 3 is 2.94 bits per heavy atom. The minimum Gasteiger partial charge on any atom is -0.395 e. The molecule has 1 aliphatic carbocycles. The molecule has 0 saturated heterocycles. The summed E-state index contributed by atoms with van der Waals surface area (Å²) in [6.45, 7) is 4.09. The highest BCUT2D eigenvalue weighted by Crippen LogP contribution is 2.35. The summed E-state index contributed by atoms with van der Waals surface area (Å²) in [4.78, 5) is 13.6. The van der Waals surface area contributed by atoms with Gasteiger partial charge in [-0.1, -0.05) is 11.8 Å². The van der Waals surface area contributed by atoms with Crippen molar-refractivity contribution in [2.24, 2.45) is 0 Å². The molecular weight excluding hydrogens is 246 g/mol. The Kier molecular flexibility index (Phi) is 3.74. The first-order chi connectivity index (χ1) is 8.54. The van der Waals surface area contributed by atoms with Gasteiger partial charge in [-0.15, -0.1) is 11.3 Å². The van der Waals surface area contributed by atoms with Crippen LogP contribution in [0.4, 0.5) is 0 Å². The molecule has 3 nitrogen and oxygen atoms in total. The van der Waals surface area contributed by atoms with Gasteiger partial charge in [0.15, 0.2) is 0 Å². The Morgan fingerprint density at radius 2 is 2.33 bits per heavy atom. The Balaban J connectivity index is 2.08. The number of nitrogens with one attached hydrogen (secondary N) is 1. The fourth-order valence-corrected chi connectivity index (χ4v) is 2.51. The van der Waals surface area contributed by atoms with Gasteiger partial charge in [-0.3, -0.25) is 4.79 Å². The lowest BCUT2D eigenvalue weighted by Gasteiger charge is -2.09. The molecule has 1 aliphatic rings. The van der Waals surface area contributed by atoms with Gasteiger partial charge < -0.3 is 10.4 Å². The fourth-order valence-electron chi connectivity index (χ4n) is 1.56. The van der Waals surface area contributed by atoms with E-state index in [4.69, 9.17) is 5.11 Å². The van der Waals surface area contributed by atoms with E-state index in [9.17, 15) is 4.79 Å².